The summed E-state index contributed by atoms with van der Waals surface area (Å²) < 4.78 is 24.7. The van der Waals surface area contributed by atoms with Crippen LogP contribution in [0.1, 0.15) is 10.4 Å². The first-order valence-electron chi connectivity index (χ1n) is 5.00. The lowest BCUT2D eigenvalue weighted by Gasteiger charge is -2.02. The van der Waals surface area contributed by atoms with E-state index < -0.39 is 10.0 Å². The SMILES string of the molecule is CSC1SNn2c1nc1ccc(S(N)(=O)=O)cc12. The zero-order valence-electron chi connectivity index (χ0n) is 9.32. The largest absolute Gasteiger partial charge is 0.265 e. The second-order valence-electron chi connectivity index (χ2n) is 3.78. The number of rotatable bonds is 2. The average molecular weight is 302 g/mol. The van der Waals surface area contributed by atoms with Crippen molar-refractivity contribution in [3.8, 4) is 0 Å². The molecule has 0 bridgehead atoms. The van der Waals surface area contributed by atoms with Crippen molar-refractivity contribution in [3.05, 3.63) is 24.0 Å². The molecule has 0 radical (unpaired) electrons. The molecule has 1 aromatic heterocycles. The van der Waals surface area contributed by atoms with Gasteiger partial charge in [0, 0.05) is 0 Å². The first-order valence-corrected chi connectivity index (χ1v) is 8.72. The monoisotopic (exact) mass is 302 g/mol. The van der Waals surface area contributed by atoms with E-state index in [0.29, 0.717) is 0 Å². The zero-order valence-corrected chi connectivity index (χ0v) is 11.8. The zero-order chi connectivity index (χ0) is 12.9. The first kappa shape index (κ1) is 12.2. The maximum atomic E-state index is 11.3. The van der Waals surface area contributed by atoms with Gasteiger partial charge in [0.25, 0.3) is 0 Å². The molecule has 1 unspecified atom stereocenters. The fourth-order valence-corrected chi connectivity index (χ4v) is 3.88. The van der Waals surface area contributed by atoms with Gasteiger partial charge in [0.1, 0.15) is 4.58 Å². The van der Waals surface area contributed by atoms with Crippen LogP contribution in [0.25, 0.3) is 11.0 Å². The van der Waals surface area contributed by atoms with Gasteiger partial charge in [-0.05, 0) is 36.4 Å². The van der Waals surface area contributed by atoms with E-state index >= 15 is 0 Å². The summed E-state index contributed by atoms with van der Waals surface area (Å²) in [6.07, 6.45) is 2.00. The van der Waals surface area contributed by atoms with Crippen molar-refractivity contribution in [2.45, 2.75) is 9.48 Å². The molecule has 1 aliphatic heterocycles. The Morgan fingerprint density at radius 1 is 1.56 bits per heavy atom. The number of primary sulfonamides is 1. The predicted octanol–water partition coefficient (Wildman–Crippen LogP) is 1.25. The van der Waals surface area contributed by atoms with E-state index in [2.05, 4.69) is 9.82 Å². The molecule has 9 heteroatoms. The number of nitrogens with zero attached hydrogens (tertiary/aromatic N) is 2. The van der Waals surface area contributed by atoms with E-state index in [9.17, 15) is 8.42 Å². The fraction of sp³-hybridized carbons (Fsp3) is 0.222. The van der Waals surface area contributed by atoms with Crippen LogP contribution < -0.4 is 9.97 Å². The van der Waals surface area contributed by atoms with Gasteiger partial charge in [0.15, 0.2) is 5.82 Å². The summed E-state index contributed by atoms with van der Waals surface area (Å²) in [4.78, 5) is 7.70. The summed E-state index contributed by atoms with van der Waals surface area (Å²) in [6, 6.07) is 4.68. The minimum Gasteiger partial charge on any atom is -0.265 e. The van der Waals surface area contributed by atoms with Crippen LogP contribution in [-0.4, -0.2) is 24.3 Å². The number of nitrogens with one attached hydrogen (secondary N) is 1. The van der Waals surface area contributed by atoms with Crippen LogP contribution in [0.2, 0.25) is 0 Å². The van der Waals surface area contributed by atoms with Crippen molar-refractivity contribution in [3.63, 3.8) is 0 Å². The third-order valence-electron chi connectivity index (χ3n) is 2.66. The highest BCUT2D eigenvalue weighted by Gasteiger charge is 2.27. The maximum absolute atomic E-state index is 11.3. The quantitative estimate of drug-likeness (QED) is 0.812. The summed E-state index contributed by atoms with van der Waals surface area (Å²) in [6.45, 7) is 0. The molecule has 0 fully saturated rings. The van der Waals surface area contributed by atoms with Crippen LogP contribution in [-0.2, 0) is 10.0 Å². The lowest BCUT2D eigenvalue weighted by molar-refractivity contribution is 0.598. The Morgan fingerprint density at radius 2 is 2.33 bits per heavy atom. The van der Waals surface area contributed by atoms with Gasteiger partial charge in [-0.25, -0.2) is 23.2 Å². The number of aromatic nitrogens is 2. The molecule has 0 amide bonds. The highest BCUT2D eigenvalue weighted by molar-refractivity contribution is 8.16. The summed E-state index contributed by atoms with van der Waals surface area (Å²) in [5.41, 5.74) is 1.48. The number of sulfonamides is 1. The molecular formula is C9H10N4O2S3. The van der Waals surface area contributed by atoms with E-state index in [1.54, 1.807) is 22.5 Å². The molecule has 0 saturated heterocycles. The average Bonchev–Trinajstić information content (AvgIpc) is 2.84. The second-order valence-corrected chi connectivity index (χ2v) is 7.47. The molecule has 3 N–H and O–H groups in total. The molecule has 2 aromatic rings. The van der Waals surface area contributed by atoms with Crippen LogP contribution in [0.15, 0.2) is 23.1 Å². The fourth-order valence-electron chi connectivity index (χ4n) is 1.81. The maximum Gasteiger partial charge on any atom is 0.238 e. The van der Waals surface area contributed by atoms with Crippen LogP contribution in [0.3, 0.4) is 0 Å². The number of fused-ring (bicyclic) bond motifs is 3. The molecule has 1 aliphatic rings. The Morgan fingerprint density at radius 3 is 3.00 bits per heavy atom. The van der Waals surface area contributed by atoms with E-state index in [-0.39, 0.29) is 9.48 Å². The second kappa shape index (κ2) is 4.05. The molecule has 3 rings (SSSR count). The van der Waals surface area contributed by atoms with Gasteiger partial charge >= 0.3 is 0 Å². The smallest absolute Gasteiger partial charge is 0.238 e. The van der Waals surface area contributed by atoms with Gasteiger partial charge in [-0.15, -0.1) is 11.8 Å². The van der Waals surface area contributed by atoms with Crippen LogP contribution in [0.5, 0.6) is 0 Å². The topological polar surface area (TPSA) is 90.0 Å². The highest BCUT2D eigenvalue weighted by atomic mass is 32.2. The van der Waals surface area contributed by atoms with Gasteiger partial charge in [0.2, 0.25) is 10.0 Å². The van der Waals surface area contributed by atoms with Crippen molar-refractivity contribution < 1.29 is 8.42 Å². The third-order valence-corrected chi connectivity index (χ3v) is 5.79. The molecule has 0 saturated carbocycles. The lowest BCUT2D eigenvalue weighted by Crippen LogP contribution is -2.12. The standard InChI is InChI=1S/C9H10N4O2S3/c1-16-9-8-11-6-3-2-5(18(10,14)15)4-7(6)13(8)12-17-9/h2-4,9,12H,1H3,(H2,10,14,15). The van der Waals surface area contributed by atoms with Crippen LogP contribution in [0, 0.1) is 0 Å². The third kappa shape index (κ3) is 1.78. The molecule has 2 heterocycles. The Labute approximate surface area is 112 Å². The van der Waals surface area contributed by atoms with Crippen molar-refractivity contribution in [2.75, 3.05) is 11.1 Å². The highest BCUT2D eigenvalue weighted by Crippen LogP contribution is 2.42. The van der Waals surface area contributed by atoms with Crippen molar-refractivity contribution in [1.29, 1.82) is 0 Å². The van der Waals surface area contributed by atoms with Gasteiger partial charge in [-0.1, -0.05) is 0 Å². The Bertz CT molecular complexity index is 725. The number of benzene rings is 1. The Balaban J connectivity index is 2.24. The number of hydrogen-bond donors (Lipinski definition) is 2. The molecule has 1 atom stereocenters. The Hall–Kier alpha value is -0.900. The van der Waals surface area contributed by atoms with Gasteiger partial charge in [-0.2, -0.15) is 0 Å². The summed E-state index contributed by atoms with van der Waals surface area (Å²) in [7, 11) is -3.69. The van der Waals surface area contributed by atoms with E-state index in [1.165, 1.54) is 24.1 Å². The van der Waals surface area contributed by atoms with Gasteiger partial charge in [-0.3, -0.25) is 4.83 Å². The van der Waals surface area contributed by atoms with E-state index in [4.69, 9.17) is 5.14 Å². The minimum atomic E-state index is -3.69. The summed E-state index contributed by atoms with van der Waals surface area (Å²) in [5, 5.41) is 5.13. The van der Waals surface area contributed by atoms with Crippen molar-refractivity contribution in [1.82, 2.24) is 9.66 Å². The van der Waals surface area contributed by atoms with Crippen molar-refractivity contribution in [2.24, 2.45) is 5.14 Å². The van der Waals surface area contributed by atoms with Crippen LogP contribution >= 0.6 is 23.7 Å². The first-order chi connectivity index (χ1) is 8.50. The number of imidazole rings is 1. The van der Waals surface area contributed by atoms with Gasteiger partial charge < -0.3 is 0 Å². The molecular weight excluding hydrogens is 292 g/mol. The lowest BCUT2D eigenvalue weighted by atomic mass is 10.3. The van der Waals surface area contributed by atoms with Gasteiger partial charge in [0.05, 0.1) is 15.9 Å². The number of nitrogens with two attached hydrogens (primary N) is 1. The van der Waals surface area contributed by atoms with E-state index in [1.807, 2.05) is 6.26 Å². The molecule has 6 nitrogen and oxygen atoms in total. The molecule has 96 valence electrons. The Kier molecular flexibility index (Phi) is 2.73. The van der Waals surface area contributed by atoms with Crippen LogP contribution in [0.4, 0.5) is 0 Å². The van der Waals surface area contributed by atoms with E-state index in [0.717, 1.165) is 16.9 Å². The molecule has 0 spiro atoms. The molecule has 18 heavy (non-hydrogen) atoms. The van der Waals surface area contributed by atoms with Crippen molar-refractivity contribution >= 4 is 44.8 Å². The number of thioether (sulfide) groups is 1. The molecule has 0 aliphatic carbocycles. The summed E-state index contributed by atoms with van der Waals surface area (Å²) in [5.74, 6) is 0.883. The normalized spacial score (nSPS) is 18.9. The summed E-state index contributed by atoms with van der Waals surface area (Å²) >= 11 is 3.21. The molecule has 1 aromatic carbocycles. The number of hydrogen-bond acceptors (Lipinski definition) is 6. The predicted molar refractivity (Wildman–Crippen MR) is 74.3 cm³/mol. The minimum absolute atomic E-state index is 0.0945.